The standard InChI is InChI=1S/C15H19N3O3/c1-11(19)14-10-13(18(20)21)4-5-15(14)17-8-6-16(7-9-17)12-2-3-12/h4-5,10,12H,2-3,6-9H2,1H3. The molecule has 3 rings (SSSR count). The second kappa shape index (κ2) is 5.44. The maximum Gasteiger partial charge on any atom is 0.270 e. The molecule has 2 fully saturated rings. The maximum atomic E-state index is 11.8. The second-order valence-corrected chi connectivity index (χ2v) is 5.77. The zero-order chi connectivity index (χ0) is 15.0. The number of rotatable bonds is 4. The van der Waals surface area contributed by atoms with Gasteiger partial charge in [0.15, 0.2) is 5.78 Å². The normalized spacial score (nSPS) is 19.6. The van der Waals surface area contributed by atoms with Crippen molar-refractivity contribution < 1.29 is 9.72 Å². The number of carbonyl (C=O) groups excluding carboxylic acids is 1. The Morgan fingerprint density at radius 2 is 1.90 bits per heavy atom. The van der Waals surface area contributed by atoms with Crippen molar-refractivity contribution in [3.63, 3.8) is 0 Å². The second-order valence-electron chi connectivity index (χ2n) is 5.77. The molecule has 1 saturated heterocycles. The SMILES string of the molecule is CC(=O)c1cc([N+](=O)[O-])ccc1N1CCN(C2CC2)CC1. The first-order valence-electron chi connectivity index (χ1n) is 7.34. The number of non-ortho nitro benzene ring substituents is 1. The van der Waals surface area contributed by atoms with Crippen molar-refractivity contribution in [2.75, 3.05) is 31.1 Å². The third kappa shape index (κ3) is 2.90. The first kappa shape index (κ1) is 14.0. The predicted octanol–water partition coefficient (Wildman–Crippen LogP) is 2.08. The molecule has 6 nitrogen and oxygen atoms in total. The molecule has 0 aromatic heterocycles. The molecule has 0 spiro atoms. The van der Waals surface area contributed by atoms with E-state index in [-0.39, 0.29) is 11.5 Å². The quantitative estimate of drug-likeness (QED) is 0.482. The minimum absolute atomic E-state index is 0.0273. The first-order valence-corrected chi connectivity index (χ1v) is 7.34. The molecule has 1 heterocycles. The van der Waals surface area contributed by atoms with Crippen molar-refractivity contribution in [3.8, 4) is 0 Å². The number of anilines is 1. The van der Waals surface area contributed by atoms with Crippen LogP contribution in [0.5, 0.6) is 0 Å². The van der Waals surface area contributed by atoms with E-state index < -0.39 is 4.92 Å². The molecule has 1 aliphatic heterocycles. The molecule has 2 aliphatic rings. The van der Waals surface area contributed by atoms with Gasteiger partial charge >= 0.3 is 0 Å². The lowest BCUT2D eigenvalue weighted by Gasteiger charge is -2.36. The Kier molecular flexibility index (Phi) is 3.63. The van der Waals surface area contributed by atoms with E-state index in [4.69, 9.17) is 0 Å². The summed E-state index contributed by atoms with van der Waals surface area (Å²) in [6.45, 7) is 5.20. The highest BCUT2D eigenvalue weighted by Crippen LogP contribution is 2.30. The van der Waals surface area contributed by atoms with E-state index in [0.29, 0.717) is 5.56 Å². The molecule has 1 saturated carbocycles. The number of nitro groups is 1. The lowest BCUT2D eigenvalue weighted by atomic mass is 10.1. The largest absolute Gasteiger partial charge is 0.368 e. The van der Waals surface area contributed by atoms with E-state index in [2.05, 4.69) is 9.80 Å². The van der Waals surface area contributed by atoms with Crippen LogP contribution in [0.15, 0.2) is 18.2 Å². The van der Waals surface area contributed by atoms with Gasteiger partial charge in [0.25, 0.3) is 5.69 Å². The zero-order valence-corrected chi connectivity index (χ0v) is 12.1. The predicted molar refractivity (Wildman–Crippen MR) is 79.9 cm³/mol. The molecule has 0 radical (unpaired) electrons. The summed E-state index contributed by atoms with van der Waals surface area (Å²) in [4.78, 5) is 26.9. The van der Waals surface area contributed by atoms with Crippen LogP contribution in [0, 0.1) is 10.1 Å². The molecule has 21 heavy (non-hydrogen) atoms. The number of nitro benzene ring substituents is 1. The Balaban J connectivity index is 1.81. The van der Waals surface area contributed by atoms with Crippen LogP contribution in [-0.4, -0.2) is 47.8 Å². The minimum atomic E-state index is -0.457. The van der Waals surface area contributed by atoms with Crippen LogP contribution in [0.25, 0.3) is 0 Å². The molecule has 0 N–H and O–H groups in total. The number of Topliss-reactive ketones (excluding diaryl/α,β-unsaturated/α-hetero) is 1. The van der Waals surface area contributed by atoms with Gasteiger partial charge in [-0.15, -0.1) is 0 Å². The zero-order valence-electron chi connectivity index (χ0n) is 12.1. The van der Waals surface area contributed by atoms with Crippen LogP contribution in [0.4, 0.5) is 11.4 Å². The van der Waals surface area contributed by atoms with Crippen molar-refractivity contribution >= 4 is 17.2 Å². The van der Waals surface area contributed by atoms with Crippen LogP contribution in [0.2, 0.25) is 0 Å². The van der Waals surface area contributed by atoms with Crippen LogP contribution >= 0.6 is 0 Å². The van der Waals surface area contributed by atoms with Crippen molar-refractivity contribution in [3.05, 3.63) is 33.9 Å². The highest BCUT2D eigenvalue weighted by molar-refractivity contribution is 6.00. The molecular formula is C15H19N3O3. The maximum absolute atomic E-state index is 11.8. The number of benzene rings is 1. The van der Waals surface area contributed by atoms with Gasteiger partial charge in [-0.05, 0) is 25.8 Å². The Morgan fingerprint density at radius 3 is 2.43 bits per heavy atom. The molecule has 6 heteroatoms. The van der Waals surface area contributed by atoms with Gasteiger partial charge < -0.3 is 4.90 Å². The van der Waals surface area contributed by atoms with Gasteiger partial charge in [0.05, 0.1) is 4.92 Å². The van der Waals surface area contributed by atoms with E-state index >= 15 is 0 Å². The Hall–Kier alpha value is -1.95. The van der Waals surface area contributed by atoms with Crippen molar-refractivity contribution in [2.45, 2.75) is 25.8 Å². The van der Waals surface area contributed by atoms with Gasteiger partial charge in [-0.25, -0.2) is 0 Å². The Morgan fingerprint density at radius 1 is 1.24 bits per heavy atom. The smallest absolute Gasteiger partial charge is 0.270 e. The average molecular weight is 289 g/mol. The Labute approximate surface area is 123 Å². The lowest BCUT2D eigenvalue weighted by Crippen LogP contribution is -2.47. The van der Waals surface area contributed by atoms with E-state index in [1.165, 1.54) is 31.9 Å². The first-order chi connectivity index (χ1) is 10.1. The minimum Gasteiger partial charge on any atom is -0.368 e. The van der Waals surface area contributed by atoms with E-state index in [1.807, 2.05) is 0 Å². The van der Waals surface area contributed by atoms with Gasteiger partial charge in [-0.1, -0.05) is 0 Å². The van der Waals surface area contributed by atoms with Gasteiger partial charge in [0.2, 0.25) is 0 Å². The van der Waals surface area contributed by atoms with Crippen molar-refractivity contribution in [1.29, 1.82) is 0 Å². The summed E-state index contributed by atoms with van der Waals surface area (Å²) in [5.74, 6) is -0.127. The number of carbonyl (C=O) groups is 1. The molecule has 0 bridgehead atoms. The van der Waals surface area contributed by atoms with E-state index in [9.17, 15) is 14.9 Å². The van der Waals surface area contributed by atoms with Gasteiger partial charge in [-0.3, -0.25) is 19.8 Å². The fraction of sp³-hybridized carbons (Fsp3) is 0.533. The van der Waals surface area contributed by atoms with Crippen LogP contribution in [-0.2, 0) is 0 Å². The topological polar surface area (TPSA) is 66.7 Å². The summed E-state index contributed by atoms with van der Waals surface area (Å²) < 4.78 is 0. The number of hydrogen-bond donors (Lipinski definition) is 0. The molecular weight excluding hydrogens is 270 g/mol. The highest BCUT2D eigenvalue weighted by Gasteiger charge is 2.31. The molecule has 112 valence electrons. The summed E-state index contributed by atoms with van der Waals surface area (Å²) in [5, 5.41) is 10.9. The monoisotopic (exact) mass is 289 g/mol. The van der Waals surface area contributed by atoms with E-state index in [1.54, 1.807) is 6.07 Å². The van der Waals surface area contributed by atoms with Crippen molar-refractivity contribution in [1.82, 2.24) is 4.90 Å². The van der Waals surface area contributed by atoms with Crippen LogP contribution in [0.1, 0.15) is 30.1 Å². The van der Waals surface area contributed by atoms with Crippen LogP contribution in [0.3, 0.4) is 0 Å². The molecule has 0 unspecified atom stereocenters. The van der Waals surface area contributed by atoms with Gasteiger partial charge in [0, 0.05) is 55.6 Å². The summed E-state index contributed by atoms with van der Waals surface area (Å²) in [7, 11) is 0. The van der Waals surface area contributed by atoms with Crippen molar-refractivity contribution in [2.24, 2.45) is 0 Å². The number of nitrogens with zero attached hydrogens (tertiary/aromatic N) is 3. The fourth-order valence-electron chi connectivity index (χ4n) is 2.96. The average Bonchev–Trinajstić information content (AvgIpc) is 3.31. The molecule has 1 aromatic carbocycles. The molecule has 0 atom stereocenters. The Bertz CT molecular complexity index is 576. The fourth-order valence-corrected chi connectivity index (χ4v) is 2.96. The third-order valence-corrected chi connectivity index (χ3v) is 4.29. The van der Waals surface area contributed by atoms with Crippen LogP contribution < -0.4 is 4.90 Å². The number of hydrogen-bond acceptors (Lipinski definition) is 5. The summed E-state index contributed by atoms with van der Waals surface area (Å²) in [5.41, 5.74) is 1.24. The molecule has 1 aromatic rings. The van der Waals surface area contributed by atoms with Gasteiger partial charge in [-0.2, -0.15) is 0 Å². The van der Waals surface area contributed by atoms with Gasteiger partial charge in [0.1, 0.15) is 0 Å². The van der Waals surface area contributed by atoms with E-state index in [0.717, 1.165) is 37.9 Å². The highest BCUT2D eigenvalue weighted by atomic mass is 16.6. The molecule has 0 amide bonds. The summed E-state index contributed by atoms with van der Waals surface area (Å²) in [6, 6.07) is 5.35. The molecule has 1 aliphatic carbocycles. The summed E-state index contributed by atoms with van der Waals surface area (Å²) in [6.07, 6.45) is 2.60. The lowest BCUT2D eigenvalue weighted by molar-refractivity contribution is -0.384. The number of piperazine rings is 1. The summed E-state index contributed by atoms with van der Waals surface area (Å²) >= 11 is 0. The number of ketones is 1. The third-order valence-electron chi connectivity index (χ3n) is 4.29.